The molecule has 5 rings (SSSR count). The minimum Gasteiger partial charge on any atom is -0.322 e. The van der Waals surface area contributed by atoms with E-state index in [0.717, 1.165) is 18.5 Å². The van der Waals surface area contributed by atoms with Gasteiger partial charge in [0.1, 0.15) is 11.5 Å². The van der Waals surface area contributed by atoms with Gasteiger partial charge in [0.2, 0.25) is 0 Å². The molecular weight excluding hydrogens is 391 g/mol. The third-order valence-electron chi connectivity index (χ3n) is 4.96. The van der Waals surface area contributed by atoms with Gasteiger partial charge in [-0.15, -0.1) is 0 Å². The van der Waals surface area contributed by atoms with Gasteiger partial charge in [-0.1, -0.05) is 29.8 Å². The fourth-order valence-corrected chi connectivity index (χ4v) is 3.55. The summed E-state index contributed by atoms with van der Waals surface area (Å²) in [5, 5.41) is 8.30. The third-order valence-corrected chi connectivity index (χ3v) is 5.20. The number of hydrogen-bond donors (Lipinski definition) is 1. The van der Waals surface area contributed by atoms with Crippen LogP contribution in [0.5, 0.6) is 0 Å². The predicted molar refractivity (Wildman–Crippen MR) is 110 cm³/mol. The first-order chi connectivity index (χ1) is 14.1. The lowest BCUT2D eigenvalue weighted by molar-refractivity contribution is 0.102. The highest BCUT2D eigenvalue weighted by molar-refractivity contribution is 6.31. The third kappa shape index (κ3) is 3.36. The lowest BCUT2D eigenvalue weighted by Gasteiger charge is -2.10. The molecule has 2 heterocycles. The Morgan fingerprint density at radius 2 is 1.97 bits per heavy atom. The molecule has 2 aromatic heterocycles. The predicted octanol–water partition coefficient (Wildman–Crippen LogP) is 5.34. The summed E-state index contributed by atoms with van der Waals surface area (Å²) in [7, 11) is 0. The fraction of sp³-hybridized carbons (Fsp3) is 0.136. The summed E-state index contributed by atoms with van der Waals surface area (Å²) in [5.41, 5.74) is 2.65. The lowest BCUT2D eigenvalue weighted by atomic mass is 10.1. The number of carbonyl (C=O) groups is 1. The van der Waals surface area contributed by atoms with Crippen molar-refractivity contribution in [2.75, 3.05) is 5.32 Å². The number of rotatable bonds is 4. The van der Waals surface area contributed by atoms with Gasteiger partial charge in [-0.2, -0.15) is 5.10 Å². The van der Waals surface area contributed by atoms with Crippen molar-refractivity contribution in [1.29, 1.82) is 0 Å². The minimum absolute atomic E-state index is 0.283. The van der Waals surface area contributed by atoms with E-state index < -0.39 is 5.82 Å². The van der Waals surface area contributed by atoms with Crippen LogP contribution in [0.15, 0.2) is 60.8 Å². The van der Waals surface area contributed by atoms with E-state index in [2.05, 4.69) is 10.4 Å². The summed E-state index contributed by atoms with van der Waals surface area (Å²) < 4.78 is 15.8. The highest BCUT2D eigenvalue weighted by Crippen LogP contribution is 2.40. The number of pyridine rings is 1. The molecule has 1 aliphatic carbocycles. The Bertz CT molecular complexity index is 1250. The molecule has 0 atom stereocenters. The smallest absolute Gasteiger partial charge is 0.256 e. The molecular formula is C22H16ClFN4O. The standard InChI is InChI=1S/C22H16ClFN4O/c23-14-4-3-5-15(10-14)26-22(29)16-11-19(13-8-9-13)27-21-17(16)12-25-28(21)20-7-2-1-6-18(20)24/h1-7,10-13H,8-9H2,(H,26,29). The van der Waals surface area contributed by atoms with Gasteiger partial charge in [0, 0.05) is 22.3 Å². The Kier molecular flexibility index (Phi) is 4.28. The SMILES string of the molecule is O=C(Nc1cccc(Cl)c1)c1cc(C2CC2)nc2c1cnn2-c1ccccc1F. The van der Waals surface area contributed by atoms with Crippen molar-refractivity contribution in [3.05, 3.63) is 82.9 Å². The number of nitrogens with zero attached hydrogens (tertiary/aromatic N) is 3. The Morgan fingerprint density at radius 3 is 2.72 bits per heavy atom. The zero-order valence-electron chi connectivity index (χ0n) is 15.3. The number of halogens is 2. The second kappa shape index (κ2) is 6.97. The Balaban J connectivity index is 1.63. The van der Waals surface area contributed by atoms with E-state index in [1.807, 2.05) is 6.07 Å². The van der Waals surface area contributed by atoms with Crippen molar-refractivity contribution >= 4 is 34.2 Å². The Hall–Kier alpha value is -3.25. The first-order valence-corrected chi connectivity index (χ1v) is 9.68. The summed E-state index contributed by atoms with van der Waals surface area (Å²) in [6.45, 7) is 0. The summed E-state index contributed by atoms with van der Waals surface area (Å²) in [6, 6.07) is 15.2. The number of anilines is 1. The highest BCUT2D eigenvalue weighted by Gasteiger charge is 2.28. The van der Waals surface area contributed by atoms with Crippen LogP contribution in [0, 0.1) is 5.82 Å². The van der Waals surface area contributed by atoms with Gasteiger partial charge in [-0.25, -0.2) is 14.1 Å². The minimum atomic E-state index is -0.402. The van der Waals surface area contributed by atoms with Crippen LogP contribution in [-0.4, -0.2) is 20.7 Å². The number of aromatic nitrogens is 3. The van der Waals surface area contributed by atoms with Gasteiger partial charge in [0.05, 0.1) is 17.1 Å². The lowest BCUT2D eigenvalue weighted by Crippen LogP contribution is -2.13. The molecule has 144 valence electrons. The summed E-state index contributed by atoms with van der Waals surface area (Å²) in [5.74, 6) is -0.364. The maximum atomic E-state index is 14.4. The molecule has 4 aromatic rings. The van der Waals surface area contributed by atoms with Gasteiger partial charge >= 0.3 is 0 Å². The van der Waals surface area contributed by atoms with Gasteiger partial charge in [0.15, 0.2) is 5.65 Å². The van der Waals surface area contributed by atoms with Crippen molar-refractivity contribution < 1.29 is 9.18 Å². The Labute approximate surface area is 171 Å². The largest absolute Gasteiger partial charge is 0.322 e. The highest BCUT2D eigenvalue weighted by atomic mass is 35.5. The van der Waals surface area contributed by atoms with E-state index in [-0.39, 0.29) is 5.91 Å². The zero-order chi connectivity index (χ0) is 20.0. The van der Waals surface area contributed by atoms with E-state index in [4.69, 9.17) is 16.6 Å². The molecule has 0 unspecified atom stereocenters. The van der Waals surface area contributed by atoms with Crippen molar-refractivity contribution in [2.45, 2.75) is 18.8 Å². The van der Waals surface area contributed by atoms with Crippen LogP contribution in [0.25, 0.3) is 16.7 Å². The molecule has 1 N–H and O–H groups in total. The zero-order valence-corrected chi connectivity index (χ0v) is 16.0. The van der Waals surface area contributed by atoms with Crippen LogP contribution in [-0.2, 0) is 0 Å². The first-order valence-electron chi connectivity index (χ1n) is 9.30. The monoisotopic (exact) mass is 406 g/mol. The molecule has 5 nitrogen and oxygen atoms in total. The first kappa shape index (κ1) is 17.8. The average Bonchev–Trinajstić information content (AvgIpc) is 3.48. The average molecular weight is 407 g/mol. The summed E-state index contributed by atoms with van der Waals surface area (Å²) >= 11 is 6.02. The molecule has 0 aliphatic heterocycles. The van der Waals surface area contributed by atoms with E-state index >= 15 is 0 Å². The summed E-state index contributed by atoms with van der Waals surface area (Å²) in [4.78, 5) is 17.8. The summed E-state index contributed by atoms with van der Waals surface area (Å²) in [6.07, 6.45) is 3.61. The second-order valence-corrected chi connectivity index (χ2v) is 7.51. The molecule has 0 spiro atoms. The van der Waals surface area contributed by atoms with Crippen LogP contribution in [0.4, 0.5) is 10.1 Å². The van der Waals surface area contributed by atoms with E-state index in [0.29, 0.717) is 38.9 Å². The van der Waals surface area contributed by atoms with Crippen molar-refractivity contribution in [3.8, 4) is 5.69 Å². The van der Waals surface area contributed by atoms with Gasteiger partial charge in [-0.3, -0.25) is 4.79 Å². The molecule has 0 bridgehead atoms. The van der Waals surface area contributed by atoms with Gasteiger partial charge in [-0.05, 0) is 49.2 Å². The van der Waals surface area contributed by atoms with Crippen LogP contribution < -0.4 is 5.32 Å². The van der Waals surface area contributed by atoms with Crippen LogP contribution in [0.3, 0.4) is 0 Å². The maximum Gasteiger partial charge on any atom is 0.256 e. The molecule has 0 saturated heterocycles. The molecule has 1 amide bonds. The van der Waals surface area contributed by atoms with Gasteiger partial charge < -0.3 is 5.32 Å². The normalized spacial score (nSPS) is 13.6. The van der Waals surface area contributed by atoms with E-state index in [1.165, 1.54) is 10.7 Å². The van der Waals surface area contributed by atoms with Crippen LogP contribution in [0.1, 0.15) is 34.8 Å². The van der Waals surface area contributed by atoms with E-state index in [9.17, 15) is 9.18 Å². The molecule has 2 aromatic carbocycles. The number of amides is 1. The van der Waals surface area contributed by atoms with Crippen LogP contribution >= 0.6 is 11.6 Å². The molecule has 29 heavy (non-hydrogen) atoms. The number of carbonyl (C=O) groups excluding carboxylic acids is 1. The molecule has 1 saturated carbocycles. The van der Waals surface area contributed by atoms with Crippen molar-refractivity contribution in [2.24, 2.45) is 0 Å². The number of nitrogens with one attached hydrogen (secondary N) is 1. The number of hydrogen-bond acceptors (Lipinski definition) is 3. The van der Waals surface area contributed by atoms with Gasteiger partial charge in [0.25, 0.3) is 5.91 Å². The second-order valence-electron chi connectivity index (χ2n) is 7.08. The van der Waals surface area contributed by atoms with Crippen molar-refractivity contribution in [3.63, 3.8) is 0 Å². The van der Waals surface area contributed by atoms with Crippen LogP contribution in [0.2, 0.25) is 5.02 Å². The number of fused-ring (bicyclic) bond motifs is 1. The molecule has 0 radical (unpaired) electrons. The Morgan fingerprint density at radius 1 is 1.14 bits per heavy atom. The van der Waals surface area contributed by atoms with E-state index in [1.54, 1.807) is 48.7 Å². The molecule has 1 fully saturated rings. The molecule has 7 heteroatoms. The maximum absolute atomic E-state index is 14.4. The topological polar surface area (TPSA) is 59.8 Å². The number of para-hydroxylation sites is 1. The molecule has 1 aliphatic rings. The quantitative estimate of drug-likeness (QED) is 0.497. The van der Waals surface area contributed by atoms with Crippen molar-refractivity contribution in [1.82, 2.24) is 14.8 Å². The fourth-order valence-electron chi connectivity index (χ4n) is 3.36. The number of benzene rings is 2.